The Kier molecular flexibility index (Phi) is 2.64. The van der Waals surface area contributed by atoms with E-state index in [9.17, 15) is 0 Å². The van der Waals surface area contributed by atoms with E-state index >= 15 is 0 Å². The molecule has 14 heavy (non-hydrogen) atoms. The Bertz CT molecular complexity index is 259. The third kappa shape index (κ3) is 2.18. The lowest BCUT2D eigenvalue weighted by atomic mass is 9.84. The van der Waals surface area contributed by atoms with Crippen LogP contribution in [0.15, 0.2) is 23.9 Å². The number of nitrogens with zero attached hydrogens (tertiary/aromatic N) is 1. The maximum atomic E-state index is 5.36. The van der Waals surface area contributed by atoms with Crippen LogP contribution < -0.4 is 0 Å². The lowest BCUT2D eigenvalue weighted by Crippen LogP contribution is -2.37. The van der Waals surface area contributed by atoms with Crippen molar-refractivity contribution in [2.24, 2.45) is 5.41 Å². The van der Waals surface area contributed by atoms with Gasteiger partial charge in [-0.25, -0.2) is 0 Å². The molecule has 2 rings (SSSR count). The summed E-state index contributed by atoms with van der Waals surface area (Å²) in [7, 11) is 0. The van der Waals surface area contributed by atoms with Crippen LogP contribution in [-0.2, 0) is 4.74 Å². The van der Waals surface area contributed by atoms with E-state index in [1.54, 1.807) is 0 Å². The molecule has 0 N–H and O–H groups in total. The molecule has 0 radical (unpaired) electrons. The Hall–Kier alpha value is -0.760. The summed E-state index contributed by atoms with van der Waals surface area (Å²) in [4.78, 5) is 2.45. The molecule has 0 aromatic rings. The van der Waals surface area contributed by atoms with Crippen molar-refractivity contribution in [3.8, 4) is 0 Å². The van der Waals surface area contributed by atoms with Crippen LogP contribution in [0.3, 0.4) is 0 Å². The maximum absolute atomic E-state index is 5.36. The van der Waals surface area contributed by atoms with E-state index in [-0.39, 0.29) is 0 Å². The highest BCUT2D eigenvalue weighted by Crippen LogP contribution is 2.32. The molecule has 0 atom stereocenters. The second-order valence-corrected chi connectivity index (χ2v) is 4.78. The number of allylic oxidation sites excluding steroid dienone is 4. The molecule has 0 aromatic heterocycles. The number of hydrogen-bond acceptors (Lipinski definition) is 2. The van der Waals surface area contributed by atoms with E-state index in [1.807, 2.05) is 0 Å². The lowest BCUT2D eigenvalue weighted by Gasteiger charge is -2.35. The molecule has 1 saturated heterocycles. The summed E-state index contributed by atoms with van der Waals surface area (Å²) in [5, 5.41) is 0. The Balaban J connectivity index is 2.03. The first kappa shape index (κ1) is 9.78. The topological polar surface area (TPSA) is 12.5 Å². The molecule has 0 bridgehead atoms. The smallest absolute Gasteiger partial charge is 0.0642 e. The predicted molar refractivity (Wildman–Crippen MR) is 58.0 cm³/mol. The van der Waals surface area contributed by atoms with Gasteiger partial charge in [0, 0.05) is 18.8 Å². The van der Waals surface area contributed by atoms with E-state index in [0.717, 1.165) is 32.7 Å². The average molecular weight is 193 g/mol. The first-order valence-corrected chi connectivity index (χ1v) is 5.38. The van der Waals surface area contributed by atoms with Gasteiger partial charge in [0.05, 0.1) is 13.2 Å². The van der Waals surface area contributed by atoms with Gasteiger partial charge in [0.1, 0.15) is 0 Å². The van der Waals surface area contributed by atoms with Gasteiger partial charge in [-0.15, -0.1) is 0 Å². The monoisotopic (exact) mass is 193 g/mol. The van der Waals surface area contributed by atoms with Gasteiger partial charge in [0.15, 0.2) is 0 Å². The van der Waals surface area contributed by atoms with Gasteiger partial charge >= 0.3 is 0 Å². The molecule has 1 aliphatic carbocycles. The Morgan fingerprint density at radius 1 is 1.29 bits per heavy atom. The van der Waals surface area contributed by atoms with Crippen molar-refractivity contribution in [3.05, 3.63) is 23.9 Å². The molecule has 0 spiro atoms. The summed E-state index contributed by atoms with van der Waals surface area (Å²) in [6.07, 6.45) is 7.88. The Labute approximate surface area is 86.2 Å². The summed E-state index contributed by atoms with van der Waals surface area (Å²) < 4.78 is 5.36. The standard InChI is InChI=1S/C12H19NO/c1-12(2)5-3-4-11(10-12)13-6-8-14-9-7-13/h3-5H,6-10H2,1-2H3. The van der Waals surface area contributed by atoms with Gasteiger partial charge in [0.2, 0.25) is 0 Å². The Morgan fingerprint density at radius 3 is 2.64 bits per heavy atom. The molecule has 78 valence electrons. The van der Waals surface area contributed by atoms with Crippen LogP contribution in [0, 0.1) is 5.41 Å². The zero-order valence-electron chi connectivity index (χ0n) is 9.12. The second-order valence-electron chi connectivity index (χ2n) is 4.78. The molecule has 1 heterocycles. The Morgan fingerprint density at radius 2 is 2.00 bits per heavy atom. The van der Waals surface area contributed by atoms with Crippen LogP contribution in [0.4, 0.5) is 0 Å². The minimum absolute atomic E-state index is 0.322. The van der Waals surface area contributed by atoms with Crippen LogP contribution >= 0.6 is 0 Å². The SMILES string of the molecule is CC1(C)C=CC=C(N2CCOCC2)C1. The molecule has 0 saturated carbocycles. The van der Waals surface area contributed by atoms with Crippen molar-refractivity contribution in [2.75, 3.05) is 26.3 Å². The molecule has 0 amide bonds. The van der Waals surface area contributed by atoms with Crippen LogP contribution in [0.1, 0.15) is 20.3 Å². The first-order chi connectivity index (χ1) is 6.67. The van der Waals surface area contributed by atoms with Crippen LogP contribution in [-0.4, -0.2) is 31.2 Å². The van der Waals surface area contributed by atoms with Crippen molar-refractivity contribution >= 4 is 0 Å². The minimum Gasteiger partial charge on any atom is -0.378 e. The van der Waals surface area contributed by atoms with Gasteiger partial charge in [0.25, 0.3) is 0 Å². The largest absolute Gasteiger partial charge is 0.378 e. The molecular weight excluding hydrogens is 174 g/mol. The first-order valence-electron chi connectivity index (χ1n) is 5.38. The van der Waals surface area contributed by atoms with Crippen molar-refractivity contribution in [1.82, 2.24) is 4.90 Å². The molecule has 0 aromatic carbocycles. The molecular formula is C12H19NO. The van der Waals surface area contributed by atoms with Crippen molar-refractivity contribution < 1.29 is 4.74 Å². The average Bonchev–Trinajstić information content (AvgIpc) is 2.18. The van der Waals surface area contributed by atoms with E-state index in [2.05, 4.69) is 37.0 Å². The third-order valence-corrected chi connectivity index (χ3v) is 2.89. The van der Waals surface area contributed by atoms with Gasteiger partial charge < -0.3 is 9.64 Å². The summed E-state index contributed by atoms with van der Waals surface area (Å²) in [5.74, 6) is 0. The van der Waals surface area contributed by atoms with Crippen LogP contribution in [0.25, 0.3) is 0 Å². The van der Waals surface area contributed by atoms with Gasteiger partial charge in [-0.05, 0) is 17.9 Å². The van der Waals surface area contributed by atoms with Crippen molar-refractivity contribution in [1.29, 1.82) is 0 Å². The van der Waals surface area contributed by atoms with Crippen molar-refractivity contribution in [2.45, 2.75) is 20.3 Å². The quantitative estimate of drug-likeness (QED) is 0.633. The molecule has 2 nitrogen and oxygen atoms in total. The van der Waals surface area contributed by atoms with Crippen molar-refractivity contribution in [3.63, 3.8) is 0 Å². The van der Waals surface area contributed by atoms with E-state index in [0.29, 0.717) is 5.41 Å². The van der Waals surface area contributed by atoms with Crippen LogP contribution in [0.5, 0.6) is 0 Å². The summed E-state index contributed by atoms with van der Waals surface area (Å²) in [6, 6.07) is 0. The summed E-state index contributed by atoms with van der Waals surface area (Å²) in [6.45, 7) is 8.43. The summed E-state index contributed by atoms with van der Waals surface area (Å²) in [5.41, 5.74) is 1.79. The van der Waals surface area contributed by atoms with Gasteiger partial charge in [-0.2, -0.15) is 0 Å². The van der Waals surface area contributed by atoms with Crippen LogP contribution in [0.2, 0.25) is 0 Å². The van der Waals surface area contributed by atoms with E-state index in [4.69, 9.17) is 4.74 Å². The molecule has 2 heteroatoms. The van der Waals surface area contributed by atoms with E-state index in [1.165, 1.54) is 5.70 Å². The van der Waals surface area contributed by atoms with Gasteiger partial charge in [-0.3, -0.25) is 0 Å². The maximum Gasteiger partial charge on any atom is 0.0642 e. The number of hydrogen-bond donors (Lipinski definition) is 0. The number of rotatable bonds is 1. The third-order valence-electron chi connectivity index (χ3n) is 2.89. The second kappa shape index (κ2) is 3.77. The molecule has 2 aliphatic rings. The van der Waals surface area contributed by atoms with E-state index < -0.39 is 0 Å². The fraction of sp³-hybridized carbons (Fsp3) is 0.667. The van der Waals surface area contributed by atoms with Gasteiger partial charge in [-0.1, -0.05) is 26.0 Å². The molecule has 0 unspecified atom stereocenters. The zero-order chi connectivity index (χ0) is 10.0. The number of morpholine rings is 1. The molecule has 1 aliphatic heterocycles. The summed E-state index contributed by atoms with van der Waals surface area (Å²) >= 11 is 0. The highest BCUT2D eigenvalue weighted by atomic mass is 16.5. The highest BCUT2D eigenvalue weighted by molar-refractivity contribution is 5.22. The number of ether oxygens (including phenoxy) is 1. The highest BCUT2D eigenvalue weighted by Gasteiger charge is 2.23. The predicted octanol–water partition coefficient (Wildman–Crippen LogP) is 2.19. The lowest BCUT2D eigenvalue weighted by molar-refractivity contribution is 0.0501. The zero-order valence-corrected chi connectivity index (χ0v) is 9.12. The normalized spacial score (nSPS) is 26.1. The fourth-order valence-electron chi connectivity index (χ4n) is 2.07. The molecule has 1 fully saturated rings. The minimum atomic E-state index is 0.322. The fourth-order valence-corrected chi connectivity index (χ4v) is 2.07.